The van der Waals surface area contributed by atoms with Crippen LogP contribution in [0.15, 0.2) is 24.3 Å². The van der Waals surface area contributed by atoms with Gasteiger partial charge in [0.05, 0.1) is 12.0 Å². The number of benzene rings is 1. The van der Waals surface area contributed by atoms with E-state index < -0.39 is 17.9 Å². The van der Waals surface area contributed by atoms with E-state index in [1.807, 2.05) is 31.2 Å². The average molecular weight is 219 g/mol. The van der Waals surface area contributed by atoms with Crippen LogP contribution in [-0.2, 0) is 9.59 Å². The van der Waals surface area contributed by atoms with Gasteiger partial charge in [0, 0.05) is 6.42 Å². The van der Waals surface area contributed by atoms with E-state index in [2.05, 4.69) is 5.32 Å². The zero-order valence-electron chi connectivity index (χ0n) is 8.93. The number of rotatable bonds is 2. The minimum absolute atomic E-state index is 0.0638. The van der Waals surface area contributed by atoms with Crippen LogP contribution >= 0.6 is 0 Å². The van der Waals surface area contributed by atoms with E-state index in [1.54, 1.807) is 0 Å². The van der Waals surface area contributed by atoms with Crippen molar-refractivity contribution in [1.29, 1.82) is 0 Å². The van der Waals surface area contributed by atoms with Crippen LogP contribution < -0.4 is 5.32 Å². The van der Waals surface area contributed by atoms with Crippen LogP contribution in [0.4, 0.5) is 0 Å². The number of carboxylic acid groups (broad SMARTS) is 1. The number of hydrogen-bond acceptors (Lipinski definition) is 2. The molecule has 1 heterocycles. The summed E-state index contributed by atoms with van der Waals surface area (Å²) in [6.07, 6.45) is 0.0638. The van der Waals surface area contributed by atoms with Gasteiger partial charge in [0.15, 0.2) is 0 Å². The maximum absolute atomic E-state index is 11.3. The zero-order valence-corrected chi connectivity index (χ0v) is 8.93. The first-order valence-corrected chi connectivity index (χ1v) is 5.17. The summed E-state index contributed by atoms with van der Waals surface area (Å²) in [5.41, 5.74) is 1.89. The van der Waals surface area contributed by atoms with Crippen molar-refractivity contribution in [3.8, 4) is 0 Å². The number of nitrogens with one attached hydrogen (secondary N) is 1. The Bertz CT molecular complexity index is 442. The maximum atomic E-state index is 11.3. The molecule has 1 aliphatic rings. The lowest BCUT2D eigenvalue weighted by atomic mass is 9.91. The highest BCUT2D eigenvalue weighted by molar-refractivity contribution is 5.87. The molecular weight excluding hydrogens is 206 g/mol. The van der Waals surface area contributed by atoms with Crippen molar-refractivity contribution in [1.82, 2.24) is 5.32 Å². The van der Waals surface area contributed by atoms with Gasteiger partial charge >= 0.3 is 5.97 Å². The molecule has 2 atom stereocenters. The van der Waals surface area contributed by atoms with Gasteiger partial charge in [-0.3, -0.25) is 9.59 Å². The Morgan fingerprint density at radius 2 is 2.12 bits per heavy atom. The molecule has 2 rings (SSSR count). The predicted molar refractivity (Wildman–Crippen MR) is 57.8 cm³/mol. The van der Waals surface area contributed by atoms with Gasteiger partial charge in [-0.05, 0) is 18.1 Å². The van der Waals surface area contributed by atoms with Crippen molar-refractivity contribution in [3.63, 3.8) is 0 Å². The van der Waals surface area contributed by atoms with E-state index in [0.717, 1.165) is 11.1 Å². The van der Waals surface area contributed by atoms with Crippen molar-refractivity contribution in [2.24, 2.45) is 5.92 Å². The average Bonchev–Trinajstić information content (AvgIpc) is 2.61. The molecule has 1 unspecified atom stereocenters. The van der Waals surface area contributed by atoms with Crippen LogP contribution in [0.2, 0.25) is 0 Å². The van der Waals surface area contributed by atoms with Gasteiger partial charge in [-0.1, -0.05) is 24.3 Å². The Kier molecular flexibility index (Phi) is 2.64. The molecule has 0 saturated carbocycles. The first-order chi connectivity index (χ1) is 7.59. The molecule has 0 radical (unpaired) electrons. The Balaban J connectivity index is 2.36. The van der Waals surface area contributed by atoms with Crippen molar-refractivity contribution < 1.29 is 14.7 Å². The van der Waals surface area contributed by atoms with Crippen molar-refractivity contribution >= 4 is 11.9 Å². The van der Waals surface area contributed by atoms with Crippen LogP contribution in [0.25, 0.3) is 0 Å². The third kappa shape index (κ3) is 1.78. The third-order valence-electron chi connectivity index (χ3n) is 2.96. The molecule has 1 fully saturated rings. The molecule has 1 aromatic carbocycles. The minimum atomic E-state index is -0.924. The topological polar surface area (TPSA) is 66.4 Å². The Morgan fingerprint density at radius 3 is 2.75 bits per heavy atom. The standard InChI is InChI=1S/C12H13NO3/c1-7-4-2-3-5-8(7)11-9(12(15)16)6-10(14)13-11/h2-5,9,11H,6H2,1H3,(H,13,14)(H,15,16)/t9-,11?/m0/s1. The molecule has 1 aliphatic heterocycles. The summed E-state index contributed by atoms with van der Waals surface area (Å²) in [6, 6.07) is 7.13. The van der Waals surface area contributed by atoms with Gasteiger partial charge in [-0.2, -0.15) is 0 Å². The molecule has 84 valence electrons. The molecule has 2 N–H and O–H groups in total. The highest BCUT2D eigenvalue weighted by atomic mass is 16.4. The van der Waals surface area contributed by atoms with E-state index in [1.165, 1.54) is 0 Å². The van der Waals surface area contributed by atoms with Gasteiger partial charge in [0.25, 0.3) is 0 Å². The number of carbonyl (C=O) groups excluding carboxylic acids is 1. The number of amides is 1. The van der Waals surface area contributed by atoms with Gasteiger partial charge in [0.2, 0.25) is 5.91 Å². The predicted octanol–water partition coefficient (Wildman–Crippen LogP) is 1.26. The van der Waals surface area contributed by atoms with Crippen molar-refractivity contribution in [2.45, 2.75) is 19.4 Å². The highest BCUT2D eigenvalue weighted by Gasteiger charge is 2.38. The molecule has 4 nitrogen and oxygen atoms in total. The van der Waals surface area contributed by atoms with Crippen LogP contribution in [0.1, 0.15) is 23.6 Å². The first-order valence-electron chi connectivity index (χ1n) is 5.17. The van der Waals surface area contributed by atoms with E-state index in [4.69, 9.17) is 5.11 Å². The molecule has 4 heteroatoms. The normalized spacial score (nSPS) is 24.2. The van der Waals surface area contributed by atoms with Crippen molar-refractivity contribution in [2.75, 3.05) is 0 Å². The fourth-order valence-corrected chi connectivity index (χ4v) is 2.11. The second-order valence-corrected chi connectivity index (χ2v) is 4.05. The third-order valence-corrected chi connectivity index (χ3v) is 2.96. The van der Waals surface area contributed by atoms with Crippen molar-refractivity contribution in [3.05, 3.63) is 35.4 Å². The minimum Gasteiger partial charge on any atom is -0.481 e. The summed E-state index contributed by atoms with van der Waals surface area (Å²) in [5, 5.41) is 11.8. The Labute approximate surface area is 93.3 Å². The second-order valence-electron chi connectivity index (χ2n) is 4.05. The summed E-state index contributed by atoms with van der Waals surface area (Å²) >= 11 is 0. The maximum Gasteiger partial charge on any atom is 0.309 e. The smallest absolute Gasteiger partial charge is 0.309 e. The van der Waals surface area contributed by atoms with Gasteiger partial charge in [0.1, 0.15) is 0 Å². The Hall–Kier alpha value is -1.84. The zero-order chi connectivity index (χ0) is 11.7. The number of aliphatic carboxylic acids is 1. The molecule has 1 amide bonds. The number of carboxylic acids is 1. The van der Waals surface area contributed by atoms with E-state index in [9.17, 15) is 9.59 Å². The molecule has 1 saturated heterocycles. The van der Waals surface area contributed by atoms with Crippen LogP contribution in [0.5, 0.6) is 0 Å². The van der Waals surface area contributed by atoms with E-state index >= 15 is 0 Å². The lowest BCUT2D eigenvalue weighted by molar-refractivity contribution is -0.142. The lowest BCUT2D eigenvalue weighted by Gasteiger charge is -2.17. The van der Waals surface area contributed by atoms with Crippen LogP contribution in [0, 0.1) is 12.8 Å². The van der Waals surface area contributed by atoms with E-state index in [-0.39, 0.29) is 12.3 Å². The summed E-state index contributed by atoms with van der Waals surface area (Å²) in [4.78, 5) is 22.3. The molecule has 0 aliphatic carbocycles. The molecule has 1 aromatic rings. The lowest BCUT2D eigenvalue weighted by Crippen LogP contribution is -2.25. The number of hydrogen-bond donors (Lipinski definition) is 2. The molecular formula is C12H13NO3. The van der Waals surface area contributed by atoms with Crippen LogP contribution in [0.3, 0.4) is 0 Å². The van der Waals surface area contributed by atoms with E-state index in [0.29, 0.717) is 0 Å². The van der Waals surface area contributed by atoms with Crippen LogP contribution in [-0.4, -0.2) is 17.0 Å². The SMILES string of the molecule is Cc1ccccc1C1NC(=O)C[C@@H]1C(=O)O. The summed E-state index contributed by atoms with van der Waals surface area (Å²) in [5.74, 6) is -1.78. The summed E-state index contributed by atoms with van der Waals surface area (Å²) in [6.45, 7) is 1.92. The number of aryl methyl sites for hydroxylation is 1. The monoisotopic (exact) mass is 219 g/mol. The molecule has 0 bridgehead atoms. The van der Waals surface area contributed by atoms with Gasteiger partial charge in [-0.15, -0.1) is 0 Å². The second kappa shape index (κ2) is 3.96. The number of carbonyl (C=O) groups is 2. The first kappa shape index (κ1) is 10.7. The Morgan fingerprint density at radius 1 is 1.44 bits per heavy atom. The molecule has 0 spiro atoms. The molecule has 16 heavy (non-hydrogen) atoms. The van der Waals surface area contributed by atoms with Gasteiger partial charge in [-0.25, -0.2) is 0 Å². The fourth-order valence-electron chi connectivity index (χ4n) is 2.11. The summed E-state index contributed by atoms with van der Waals surface area (Å²) < 4.78 is 0. The fraction of sp³-hybridized carbons (Fsp3) is 0.333. The highest BCUT2D eigenvalue weighted by Crippen LogP contribution is 2.31. The summed E-state index contributed by atoms with van der Waals surface area (Å²) in [7, 11) is 0. The largest absolute Gasteiger partial charge is 0.481 e. The van der Waals surface area contributed by atoms with Gasteiger partial charge < -0.3 is 10.4 Å². The molecule has 0 aromatic heterocycles. The quantitative estimate of drug-likeness (QED) is 0.786.